The maximum atomic E-state index is 12.1. The van der Waals surface area contributed by atoms with E-state index in [4.69, 9.17) is 16.0 Å². The second-order valence-corrected chi connectivity index (χ2v) is 5.73. The average molecular weight is 301 g/mol. The normalized spacial score (nSPS) is 26.2. The summed E-state index contributed by atoms with van der Waals surface area (Å²) in [4.78, 5) is 22.0. The van der Waals surface area contributed by atoms with Gasteiger partial charge in [0.25, 0.3) is 5.91 Å². The Balaban J connectivity index is 2.10. The van der Waals surface area contributed by atoms with E-state index in [0.29, 0.717) is 11.8 Å². The van der Waals surface area contributed by atoms with Crippen LogP contribution in [0.3, 0.4) is 0 Å². The van der Waals surface area contributed by atoms with Crippen molar-refractivity contribution >= 4 is 23.4 Å². The van der Waals surface area contributed by atoms with Gasteiger partial charge in [0, 0.05) is 5.88 Å². The number of nitro groups is 1. The number of nitrogens with zero attached hydrogens (tertiary/aromatic N) is 1. The summed E-state index contributed by atoms with van der Waals surface area (Å²) < 4.78 is 4.91. The van der Waals surface area contributed by atoms with Gasteiger partial charge in [0.15, 0.2) is 5.76 Å². The van der Waals surface area contributed by atoms with Gasteiger partial charge in [-0.05, 0) is 24.8 Å². The number of rotatable bonds is 4. The topological polar surface area (TPSA) is 85.4 Å². The first kappa shape index (κ1) is 14.8. The molecule has 2 atom stereocenters. The fourth-order valence-corrected chi connectivity index (χ4v) is 3.09. The predicted molar refractivity (Wildman–Crippen MR) is 73.9 cm³/mol. The van der Waals surface area contributed by atoms with E-state index in [1.165, 1.54) is 12.1 Å². The number of carbonyl (C=O) groups is 1. The van der Waals surface area contributed by atoms with Crippen molar-refractivity contribution < 1.29 is 14.1 Å². The molecule has 0 aromatic carbocycles. The number of hydrogen-bond acceptors (Lipinski definition) is 4. The lowest BCUT2D eigenvalue weighted by atomic mass is 9.77. The van der Waals surface area contributed by atoms with Crippen LogP contribution < -0.4 is 5.32 Å². The molecule has 0 saturated heterocycles. The third kappa shape index (κ3) is 3.12. The summed E-state index contributed by atoms with van der Waals surface area (Å²) in [5, 5.41) is 13.4. The molecule has 1 saturated carbocycles. The highest BCUT2D eigenvalue weighted by Crippen LogP contribution is 2.33. The molecule has 2 rings (SSSR count). The standard InChI is InChI=1S/C13H17ClN2O4/c1-9-3-2-6-13(7-9,8-14)15-12(17)10-4-5-11(20-10)16(18)19/h4-5,9H,2-3,6-8H2,1H3,(H,15,17). The van der Waals surface area contributed by atoms with Crippen LogP contribution in [0.25, 0.3) is 0 Å². The van der Waals surface area contributed by atoms with Crippen LogP contribution in [0.2, 0.25) is 0 Å². The van der Waals surface area contributed by atoms with E-state index in [9.17, 15) is 14.9 Å². The van der Waals surface area contributed by atoms with Gasteiger partial charge in [-0.25, -0.2) is 0 Å². The molecule has 0 aliphatic heterocycles. The van der Waals surface area contributed by atoms with Gasteiger partial charge >= 0.3 is 5.88 Å². The second kappa shape index (κ2) is 5.83. The zero-order valence-corrected chi connectivity index (χ0v) is 12.0. The molecular formula is C13H17ClN2O4. The lowest BCUT2D eigenvalue weighted by Gasteiger charge is -2.39. The highest BCUT2D eigenvalue weighted by Gasteiger charge is 2.36. The predicted octanol–water partition coefficient (Wildman–Crippen LogP) is 3.11. The molecule has 1 aromatic rings. The molecule has 1 heterocycles. The van der Waals surface area contributed by atoms with Crippen molar-refractivity contribution in [2.24, 2.45) is 5.92 Å². The molecule has 0 bridgehead atoms. The fraction of sp³-hybridized carbons (Fsp3) is 0.615. The average Bonchev–Trinajstić information content (AvgIpc) is 2.88. The van der Waals surface area contributed by atoms with Crippen molar-refractivity contribution in [2.75, 3.05) is 5.88 Å². The Bertz CT molecular complexity index is 516. The van der Waals surface area contributed by atoms with Gasteiger partial charge < -0.3 is 9.73 Å². The lowest BCUT2D eigenvalue weighted by molar-refractivity contribution is -0.402. The Morgan fingerprint density at radius 3 is 2.95 bits per heavy atom. The Hall–Kier alpha value is -1.56. The number of amides is 1. The summed E-state index contributed by atoms with van der Waals surface area (Å²) in [5.41, 5.74) is -0.447. The summed E-state index contributed by atoms with van der Waals surface area (Å²) in [6, 6.07) is 2.48. The maximum absolute atomic E-state index is 12.1. The first-order valence-electron chi connectivity index (χ1n) is 6.58. The van der Waals surface area contributed by atoms with Crippen LogP contribution in [0, 0.1) is 16.0 Å². The second-order valence-electron chi connectivity index (χ2n) is 5.46. The molecule has 7 heteroatoms. The molecule has 1 aliphatic carbocycles. The molecule has 6 nitrogen and oxygen atoms in total. The van der Waals surface area contributed by atoms with Crippen molar-refractivity contribution in [1.82, 2.24) is 5.32 Å². The number of halogens is 1. The van der Waals surface area contributed by atoms with Crippen LogP contribution in [0.4, 0.5) is 5.88 Å². The van der Waals surface area contributed by atoms with E-state index >= 15 is 0 Å². The van der Waals surface area contributed by atoms with Gasteiger partial charge in [-0.1, -0.05) is 19.8 Å². The van der Waals surface area contributed by atoms with E-state index in [0.717, 1.165) is 25.7 Å². The van der Waals surface area contributed by atoms with Crippen molar-refractivity contribution in [3.63, 3.8) is 0 Å². The molecule has 1 fully saturated rings. The Morgan fingerprint density at radius 1 is 1.65 bits per heavy atom. The molecule has 1 aliphatic rings. The van der Waals surface area contributed by atoms with Gasteiger partial charge in [-0.15, -0.1) is 11.6 Å². The van der Waals surface area contributed by atoms with E-state index in [1.54, 1.807) is 0 Å². The quantitative estimate of drug-likeness (QED) is 0.526. The van der Waals surface area contributed by atoms with Crippen molar-refractivity contribution in [1.29, 1.82) is 0 Å². The molecule has 0 radical (unpaired) electrons. The first-order valence-corrected chi connectivity index (χ1v) is 7.12. The Morgan fingerprint density at radius 2 is 2.40 bits per heavy atom. The molecule has 2 unspecified atom stereocenters. The highest BCUT2D eigenvalue weighted by molar-refractivity contribution is 6.18. The fourth-order valence-electron chi connectivity index (χ4n) is 2.78. The Kier molecular flexibility index (Phi) is 4.32. The van der Waals surface area contributed by atoms with Gasteiger partial charge in [0.1, 0.15) is 4.92 Å². The number of carbonyl (C=O) groups excluding carboxylic acids is 1. The van der Waals surface area contributed by atoms with Gasteiger partial charge in [-0.2, -0.15) is 0 Å². The third-order valence-electron chi connectivity index (χ3n) is 3.72. The smallest absolute Gasteiger partial charge is 0.395 e. The van der Waals surface area contributed by atoms with Crippen LogP contribution >= 0.6 is 11.6 Å². The maximum Gasteiger partial charge on any atom is 0.433 e. The minimum Gasteiger partial charge on any atom is -0.395 e. The minimum absolute atomic E-state index is 0.0561. The van der Waals surface area contributed by atoms with Crippen LogP contribution in [-0.2, 0) is 0 Å². The third-order valence-corrected chi connectivity index (χ3v) is 4.23. The molecule has 1 amide bonds. The van der Waals surface area contributed by atoms with E-state index in [-0.39, 0.29) is 5.76 Å². The van der Waals surface area contributed by atoms with E-state index in [2.05, 4.69) is 12.2 Å². The zero-order chi connectivity index (χ0) is 14.8. The minimum atomic E-state index is -0.670. The summed E-state index contributed by atoms with van der Waals surface area (Å²) in [7, 11) is 0. The number of alkyl halides is 1. The molecule has 1 N–H and O–H groups in total. The van der Waals surface area contributed by atoms with Gasteiger partial charge in [0.05, 0.1) is 11.6 Å². The molecular weight excluding hydrogens is 284 g/mol. The monoisotopic (exact) mass is 300 g/mol. The van der Waals surface area contributed by atoms with Gasteiger partial charge in [0.2, 0.25) is 0 Å². The van der Waals surface area contributed by atoms with Crippen LogP contribution in [-0.4, -0.2) is 22.2 Å². The Labute approximate surface area is 121 Å². The molecule has 0 spiro atoms. The molecule has 20 heavy (non-hydrogen) atoms. The summed E-state index contributed by atoms with van der Waals surface area (Å²) in [6.07, 6.45) is 3.76. The van der Waals surface area contributed by atoms with Crippen molar-refractivity contribution in [3.05, 3.63) is 28.0 Å². The van der Waals surface area contributed by atoms with Crippen LogP contribution in [0.5, 0.6) is 0 Å². The van der Waals surface area contributed by atoms with Crippen LogP contribution in [0.15, 0.2) is 16.5 Å². The van der Waals surface area contributed by atoms with E-state index < -0.39 is 22.3 Å². The number of furan rings is 1. The van der Waals surface area contributed by atoms with Crippen molar-refractivity contribution in [3.8, 4) is 0 Å². The first-order chi connectivity index (χ1) is 9.46. The molecule has 110 valence electrons. The highest BCUT2D eigenvalue weighted by atomic mass is 35.5. The summed E-state index contributed by atoms with van der Waals surface area (Å²) in [5.74, 6) is -0.126. The largest absolute Gasteiger partial charge is 0.433 e. The van der Waals surface area contributed by atoms with Gasteiger partial charge in [-0.3, -0.25) is 14.9 Å². The lowest BCUT2D eigenvalue weighted by Crippen LogP contribution is -2.52. The van der Waals surface area contributed by atoms with Crippen molar-refractivity contribution in [2.45, 2.75) is 38.1 Å². The number of hydrogen-bond donors (Lipinski definition) is 1. The SMILES string of the molecule is CC1CCCC(CCl)(NC(=O)c2ccc([N+](=O)[O-])o2)C1. The van der Waals surface area contributed by atoms with E-state index in [1.807, 2.05) is 0 Å². The summed E-state index contributed by atoms with van der Waals surface area (Å²) >= 11 is 6.04. The number of nitrogens with one attached hydrogen (secondary N) is 1. The molecule has 1 aromatic heterocycles. The zero-order valence-electron chi connectivity index (χ0n) is 11.2. The van der Waals surface area contributed by atoms with Crippen LogP contribution in [0.1, 0.15) is 43.2 Å². The summed E-state index contributed by atoms with van der Waals surface area (Å²) in [6.45, 7) is 2.13.